The molecule has 1 aromatic heterocycles. The number of nitrogens with zero attached hydrogens (tertiary/aromatic N) is 3. The number of rotatable bonds is 3. The van der Waals surface area contributed by atoms with Crippen molar-refractivity contribution in [1.29, 1.82) is 5.26 Å². The highest BCUT2D eigenvalue weighted by Gasteiger charge is 2.23. The van der Waals surface area contributed by atoms with E-state index in [9.17, 15) is 4.79 Å². The number of amides is 1. The largest absolute Gasteiger partial charge is 0.352 e. The number of hydrogen-bond donors (Lipinski definition) is 1. The molecule has 5 nitrogen and oxygen atoms in total. The number of alkyl halides is 1. The zero-order valence-electron chi connectivity index (χ0n) is 10.8. The highest BCUT2D eigenvalue weighted by atomic mass is 35.5. The molecule has 1 saturated heterocycles. The van der Waals surface area contributed by atoms with Crippen LogP contribution in [0.25, 0.3) is 11.0 Å². The number of aromatic nitrogens is 2. The minimum atomic E-state index is 0.0876. The summed E-state index contributed by atoms with van der Waals surface area (Å²) in [4.78, 5) is 15.8. The molecule has 20 heavy (non-hydrogen) atoms. The quantitative estimate of drug-likeness (QED) is 0.877. The van der Waals surface area contributed by atoms with Crippen LogP contribution in [0.2, 0.25) is 0 Å². The SMILES string of the molecule is N#Cc1cccc2c1nc(CCl)n2CC1CCC(=O)N1. The second kappa shape index (κ2) is 5.14. The van der Waals surface area contributed by atoms with Gasteiger partial charge in [0.15, 0.2) is 0 Å². The molecule has 0 bridgehead atoms. The van der Waals surface area contributed by atoms with E-state index in [0.717, 1.165) is 17.8 Å². The lowest BCUT2D eigenvalue weighted by atomic mass is 10.2. The summed E-state index contributed by atoms with van der Waals surface area (Å²) >= 11 is 5.96. The summed E-state index contributed by atoms with van der Waals surface area (Å²) in [6.07, 6.45) is 1.38. The predicted octanol–water partition coefficient (Wildman–Crippen LogP) is 1.93. The van der Waals surface area contributed by atoms with Gasteiger partial charge in [-0.1, -0.05) is 6.07 Å². The predicted molar refractivity (Wildman–Crippen MR) is 75.2 cm³/mol. The Bertz CT molecular complexity index is 716. The number of para-hydroxylation sites is 1. The number of carbonyl (C=O) groups is 1. The van der Waals surface area contributed by atoms with Crippen molar-refractivity contribution in [3.05, 3.63) is 29.6 Å². The molecule has 1 atom stereocenters. The van der Waals surface area contributed by atoms with Crippen molar-refractivity contribution >= 4 is 28.5 Å². The average molecular weight is 289 g/mol. The van der Waals surface area contributed by atoms with Gasteiger partial charge < -0.3 is 9.88 Å². The third-order valence-electron chi connectivity index (χ3n) is 3.59. The van der Waals surface area contributed by atoms with Crippen molar-refractivity contribution in [2.75, 3.05) is 0 Å². The Hall–Kier alpha value is -2.06. The minimum absolute atomic E-state index is 0.0876. The standard InChI is InChI=1S/C14H13ClN4O/c15-6-12-18-14-9(7-16)2-1-3-11(14)19(12)8-10-4-5-13(20)17-10/h1-3,10H,4-6,8H2,(H,17,20). The minimum Gasteiger partial charge on any atom is -0.352 e. The Balaban J connectivity index is 2.05. The normalized spacial score (nSPS) is 18.2. The van der Waals surface area contributed by atoms with Gasteiger partial charge in [-0.2, -0.15) is 5.26 Å². The summed E-state index contributed by atoms with van der Waals surface area (Å²) in [5.41, 5.74) is 2.11. The lowest BCUT2D eigenvalue weighted by Gasteiger charge is -2.13. The maximum atomic E-state index is 11.3. The van der Waals surface area contributed by atoms with Gasteiger partial charge in [0.1, 0.15) is 17.4 Å². The molecule has 3 rings (SSSR count). The first-order valence-electron chi connectivity index (χ1n) is 6.46. The first-order chi connectivity index (χ1) is 9.72. The van der Waals surface area contributed by atoms with Gasteiger partial charge in [0.2, 0.25) is 5.91 Å². The van der Waals surface area contributed by atoms with Crippen LogP contribution < -0.4 is 5.32 Å². The Morgan fingerprint density at radius 2 is 2.40 bits per heavy atom. The van der Waals surface area contributed by atoms with Crippen LogP contribution in [0.1, 0.15) is 24.2 Å². The van der Waals surface area contributed by atoms with Crippen LogP contribution in [0.5, 0.6) is 0 Å². The lowest BCUT2D eigenvalue weighted by molar-refractivity contribution is -0.119. The third-order valence-corrected chi connectivity index (χ3v) is 3.82. The Morgan fingerprint density at radius 1 is 1.55 bits per heavy atom. The topological polar surface area (TPSA) is 70.7 Å². The molecule has 0 saturated carbocycles. The number of nitriles is 1. The van der Waals surface area contributed by atoms with Crippen molar-refractivity contribution < 1.29 is 4.79 Å². The molecule has 1 N–H and O–H groups in total. The van der Waals surface area contributed by atoms with E-state index in [1.165, 1.54) is 0 Å². The average Bonchev–Trinajstić information content (AvgIpc) is 3.03. The number of fused-ring (bicyclic) bond motifs is 1. The number of halogens is 1. The summed E-state index contributed by atoms with van der Waals surface area (Å²) < 4.78 is 2.00. The van der Waals surface area contributed by atoms with Crippen LogP contribution >= 0.6 is 11.6 Å². The smallest absolute Gasteiger partial charge is 0.220 e. The van der Waals surface area contributed by atoms with E-state index in [1.807, 2.05) is 16.7 Å². The number of imidazole rings is 1. The van der Waals surface area contributed by atoms with Gasteiger partial charge in [-0.25, -0.2) is 4.98 Å². The van der Waals surface area contributed by atoms with E-state index in [4.69, 9.17) is 16.9 Å². The van der Waals surface area contributed by atoms with E-state index in [0.29, 0.717) is 24.0 Å². The second-order valence-electron chi connectivity index (χ2n) is 4.86. The molecule has 1 unspecified atom stereocenters. The molecule has 0 spiro atoms. The molecule has 2 heterocycles. The molecule has 1 aliphatic rings. The lowest BCUT2D eigenvalue weighted by Crippen LogP contribution is -2.30. The number of nitrogens with one attached hydrogen (secondary N) is 1. The fraction of sp³-hybridized carbons (Fsp3) is 0.357. The van der Waals surface area contributed by atoms with E-state index in [2.05, 4.69) is 16.4 Å². The maximum Gasteiger partial charge on any atom is 0.220 e. The van der Waals surface area contributed by atoms with Gasteiger partial charge in [0, 0.05) is 19.0 Å². The van der Waals surface area contributed by atoms with Gasteiger partial charge in [0.05, 0.1) is 17.0 Å². The van der Waals surface area contributed by atoms with Crippen LogP contribution in [0.3, 0.4) is 0 Å². The molecule has 0 radical (unpaired) electrons. The maximum absolute atomic E-state index is 11.3. The van der Waals surface area contributed by atoms with Crippen molar-refractivity contribution in [3.8, 4) is 6.07 Å². The van der Waals surface area contributed by atoms with Crippen LogP contribution in [-0.4, -0.2) is 21.5 Å². The summed E-state index contributed by atoms with van der Waals surface area (Å²) in [6, 6.07) is 7.76. The summed E-state index contributed by atoms with van der Waals surface area (Å²) in [5.74, 6) is 1.09. The van der Waals surface area contributed by atoms with Crippen molar-refractivity contribution in [1.82, 2.24) is 14.9 Å². The molecule has 1 aromatic carbocycles. The Morgan fingerprint density at radius 3 is 3.05 bits per heavy atom. The molecule has 0 aliphatic carbocycles. The number of benzene rings is 1. The first-order valence-corrected chi connectivity index (χ1v) is 7.00. The van der Waals surface area contributed by atoms with Gasteiger partial charge in [-0.05, 0) is 18.6 Å². The Kier molecular flexibility index (Phi) is 3.33. The highest BCUT2D eigenvalue weighted by molar-refractivity contribution is 6.16. The van der Waals surface area contributed by atoms with Crippen LogP contribution in [0, 0.1) is 11.3 Å². The van der Waals surface area contributed by atoms with Crippen molar-refractivity contribution in [2.45, 2.75) is 31.3 Å². The van der Waals surface area contributed by atoms with E-state index in [-0.39, 0.29) is 17.8 Å². The van der Waals surface area contributed by atoms with Crippen LogP contribution in [0.15, 0.2) is 18.2 Å². The fourth-order valence-electron chi connectivity index (χ4n) is 2.63. The third kappa shape index (κ3) is 2.12. The highest BCUT2D eigenvalue weighted by Crippen LogP contribution is 2.22. The van der Waals surface area contributed by atoms with Crippen LogP contribution in [0.4, 0.5) is 0 Å². The molecule has 2 aromatic rings. The summed E-state index contributed by atoms with van der Waals surface area (Å²) in [7, 11) is 0. The van der Waals surface area contributed by atoms with Gasteiger partial charge in [-0.15, -0.1) is 11.6 Å². The van der Waals surface area contributed by atoms with E-state index < -0.39 is 0 Å². The Labute approximate surface area is 121 Å². The molecule has 1 aliphatic heterocycles. The number of carbonyl (C=O) groups excluding carboxylic acids is 1. The second-order valence-corrected chi connectivity index (χ2v) is 5.13. The molecule has 6 heteroatoms. The van der Waals surface area contributed by atoms with Crippen molar-refractivity contribution in [2.24, 2.45) is 0 Å². The molecule has 1 amide bonds. The molecule has 1 fully saturated rings. The summed E-state index contributed by atoms with van der Waals surface area (Å²) in [6.45, 7) is 0.638. The van der Waals surface area contributed by atoms with Crippen LogP contribution in [-0.2, 0) is 17.2 Å². The fourth-order valence-corrected chi connectivity index (χ4v) is 2.83. The number of hydrogen-bond acceptors (Lipinski definition) is 3. The van der Waals surface area contributed by atoms with Gasteiger partial charge in [0.25, 0.3) is 0 Å². The molecular weight excluding hydrogens is 276 g/mol. The van der Waals surface area contributed by atoms with Gasteiger partial charge >= 0.3 is 0 Å². The van der Waals surface area contributed by atoms with E-state index >= 15 is 0 Å². The molecular formula is C14H13ClN4O. The zero-order valence-corrected chi connectivity index (χ0v) is 11.5. The monoisotopic (exact) mass is 288 g/mol. The summed E-state index contributed by atoms with van der Waals surface area (Å²) in [5, 5.41) is 12.1. The molecule has 102 valence electrons. The van der Waals surface area contributed by atoms with Crippen molar-refractivity contribution in [3.63, 3.8) is 0 Å². The van der Waals surface area contributed by atoms with E-state index in [1.54, 1.807) is 6.07 Å². The zero-order chi connectivity index (χ0) is 14.1. The first kappa shape index (κ1) is 12.9. The van der Waals surface area contributed by atoms with Gasteiger partial charge in [-0.3, -0.25) is 4.79 Å².